The molecule has 4 aromatic rings. The molecule has 1 aliphatic heterocycles. The second-order valence-corrected chi connectivity index (χ2v) is 9.80. The van der Waals surface area contributed by atoms with Gasteiger partial charge in [0.25, 0.3) is 11.8 Å². The van der Waals surface area contributed by atoms with Crippen molar-refractivity contribution in [1.29, 1.82) is 0 Å². The standard InChI is InChI=1S/C30H27F4N5O2/c1-3-38-28-24(25(17(2)35)37-39(28)22-10-5-4-6-11-22)23(18-12-14-21(31)15-13-18)26(29(38)41)36-27(40)19-8-7-9-20(16-19)30(32,33)34/h4-17,23,26H,3,35H2,1-2H3,(H,36,40). The fraction of sp³-hybridized carbons (Fsp3) is 0.233. The van der Waals surface area contributed by atoms with Crippen LogP contribution in [0.15, 0.2) is 78.9 Å². The number of para-hydroxylation sites is 1. The van der Waals surface area contributed by atoms with Gasteiger partial charge in [0.2, 0.25) is 0 Å². The smallest absolute Gasteiger partial charge is 0.339 e. The summed E-state index contributed by atoms with van der Waals surface area (Å²) in [5, 5.41) is 7.46. The van der Waals surface area contributed by atoms with Crippen molar-refractivity contribution in [2.75, 3.05) is 11.4 Å². The summed E-state index contributed by atoms with van der Waals surface area (Å²) in [4.78, 5) is 28.9. The molecule has 0 radical (unpaired) electrons. The number of anilines is 1. The van der Waals surface area contributed by atoms with Crippen molar-refractivity contribution in [3.8, 4) is 5.69 Å². The molecule has 3 unspecified atom stereocenters. The Hall–Kier alpha value is -4.51. The SMILES string of the molecule is CCN1C(=O)C(NC(=O)c2cccc(C(F)(F)F)c2)C(c2ccc(F)cc2)c2c(C(C)N)nn(-c3ccccc3)c21. The molecule has 0 saturated carbocycles. The Morgan fingerprint density at radius 3 is 2.34 bits per heavy atom. The van der Waals surface area contributed by atoms with Gasteiger partial charge in [0.15, 0.2) is 0 Å². The van der Waals surface area contributed by atoms with Crippen LogP contribution in [0, 0.1) is 5.82 Å². The predicted molar refractivity (Wildman–Crippen MR) is 145 cm³/mol. The van der Waals surface area contributed by atoms with Gasteiger partial charge in [-0.25, -0.2) is 9.07 Å². The summed E-state index contributed by atoms with van der Waals surface area (Å²) in [6, 6.07) is 16.8. The number of fused-ring (bicyclic) bond motifs is 1. The van der Waals surface area contributed by atoms with Crippen molar-refractivity contribution < 1.29 is 27.2 Å². The number of benzene rings is 3. The van der Waals surface area contributed by atoms with E-state index >= 15 is 0 Å². The maximum atomic E-state index is 14.1. The van der Waals surface area contributed by atoms with Crippen molar-refractivity contribution in [2.45, 2.75) is 38.0 Å². The first kappa shape index (κ1) is 28.0. The van der Waals surface area contributed by atoms with Crippen LogP contribution >= 0.6 is 0 Å². The average Bonchev–Trinajstić information content (AvgIpc) is 3.34. The fourth-order valence-corrected chi connectivity index (χ4v) is 5.20. The van der Waals surface area contributed by atoms with E-state index in [0.717, 1.165) is 18.2 Å². The molecule has 0 fully saturated rings. The summed E-state index contributed by atoms with van der Waals surface area (Å²) < 4.78 is 55.6. The highest BCUT2D eigenvalue weighted by Gasteiger charge is 2.46. The zero-order valence-electron chi connectivity index (χ0n) is 22.2. The fourth-order valence-electron chi connectivity index (χ4n) is 5.20. The Labute approximate surface area is 233 Å². The first-order valence-corrected chi connectivity index (χ1v) is 13.0. The molecule has 5 rings (SSSR count). The van der Waals surface area contributed by atoms with Crippen molar-refractivity contribution in [3.05, 3.63) is 113 Å². The van der Waals surface area contributed by atoms with Crippen LogP contribution in [0.2, 0.25) is 0 Å². The van der Waals surface area contributed by atoms with E-state index in [1.165, 1.54) is 35.2 Å². The highest BCUT2D eigenvalue weighted by molar-refractivity contribution is 6.05. The van der Waals surface area contributed by atoms with E-state index in [9.17, 15) is 27.2 Å². The molecule has 0 aliphatic carbocycles. The van der Waals surface area contributed by atoms with Crippen LogP contribution in [0.3, 0.4) is 0 Å². The molecule has 0 bridgehead atoms. The van der Waals surface area contributed by atoms with E-state index in [4.69, 9.17) is 10.8 Å². The maximum absolute atomic E-state index is 14.1. The van der Waals surface area contributed by atoms with E-state index in [-0.39, 0.29) is 12.1 Å². The van der Waals surface area contributed by atoms with Crippen LogP contribution in [0.5, 0.6) is 0 Å². The number of amides is 2. The number of nitrogens with two attached hydrogens (primary N) is 1. The Bertz CT molecular complexity index is 1580. The lowest BCUT2D eigenvalue weighted by Gasteiger charge is -2.38. The van der Waals surface area contributed by atoms with E-state index in [1.807, 2.05) is 30.3 Å². The molecule has 212 valence electrons. The number of aromatic nitrogens is 2. The van der Waals surface area contributed by atoms with Gasteiger partial charge in [-0.2, -0.15) is 18.3 Å². The molecule has 41 heavy (non-hydrogen) atoms. The quantitative estimate of drug-likeness (QED) is 0.309. The topological polar surface area (TPSA) is 93.2 Å². The molecule has 2 heterocycles. The van der Waals surface area contributed by atoms with Gasteiger partial charge in [0.05, 0.1) is 16.9 Å². The zero-order valence-corrected chi connectivity index (χ0v) is 22.2. The lowest BCUT2D eigenvalue weighted by molar-refractivity contribution is -0.137. The number of carbonyl (C=O) groups is 2. The lowest BCUT2D eigenvalue weighted by atomic mass is 9.80. The Kier molecular flexibility index (Phi) is 7.39. The molecule has 1 aliphatic rings. The number of nitrogens with one attached hydrogen (secondary N) is 1. The molecule has 0 spiro atoms. The molecule has 3 N–H and O–H groups in total. The third-order valence-electron chi connectivity index (χ3n) is 7.07. The van der Waals surface area contributed by atoms with Crippen LogP contribution in [0.4, 0.5) is 23.4 Å². The van der Waals surface area contributed by atoms with Gasteiger partial charge in [-0.3, -0.25) is 14.5 Å². The number of alkyl halides is 3. The molecule has 2 amide bonds. The van der Waals surface area contributed by atoms with E-state index < -0.39 is 47.4 Å². The molecule has 7 nitrogen and oxygen atoms in total. The molecule has 3 atom stereocenters. The van der Waals surface area contributed by atoms with Gasteiger partial charge in [0.1, 0.15) is 17.7 Å². The van der Waals surface area contributed by atoms with Gasteiger partial charge in [-0.1, -0.05) is 36.4 Å². The Morgan fingerprint density at radius 2 is 1.73 bits per heavy atom. The highest BCUT2D eigenvalue weighted by Crippen LogP contribution is 2.45. The number of nitrogens with zero attached hydrogens (tertiary/aromatic N) is 3. The first-order chi connectivity index (χ1) is 19.5. The highest BCUT2D eigenvalue weighted by atomic mass is 19.4. The molecule has 1 aromatic heterocycles. The summed E-state index contributed by atoms with van der Waals surface area (Å²) in [7, 11) is 0. The zero-order chi connectivity index (χ0) is 29.5. The number of rotatable bonds is 6. The van der Waals surface area contributed by atoms with Gasteiger partial charge in [0, 0.05) is 29.6 Å². The maximum Gasteiger partial charge on any atom is 0.416 e. The first-order valence-electron chi connectivity index (χ1n) is 13.0. The second kappa shape index (κ2) is 10.8. The molecule has 3 aromatic carbocycles. The van der Waals surface area contributed by atoms with Crippen LogP contribution in [0.25, 0.3) is 5.69 Å². The summed E-state index contributed by atoms with van der Waals surface area (Å²) in [6.07, 6.45) is -4.65. The lowest BCUT2D eigenvalue weighted by Crippen LogP contribution is -2.55. The van der Waals surface area contributed by atoms with Crippen LogP contribution in [0.1, 0.15) is 58.5 Å². The minimum atomic E-state index is -4.65. The van der Waals surface area contributed by atoms with Crippen molar-refractivity contribution in [1.82, 2.24) is 15.1 Å². The number of halogens is 4. The average molecular weight is 566 g/mol. The van der Waals surface area contributed by atoms with Crippen LogP contribution < -0.4 is 16.0 Å². The second-order valence-electron chi connectivity index (χ2n) is 9.80. The molecule has 0 saturated heterocycles. The molecular weight excluding hydrogens is 538 g/mol. The van der Waals surface area contributed by atoms with Gasteiger partial charge in [-0.15, -0.1) is 0 Å². The Balaban J connectivity index is 1.70. The minimum absolute atomic E-state index is 0.203. The van der Waals surface area contributed by atoms with Gasteiger partial charge in [-0.05, 0) is 61.9 Å². The molecule has 11 heteroatoms. The van der Waals surface area contributed by atoms with Crippen molar-refractivity contribution in [2.24, 2.45) is 5.73 Å². The summed E-state index contributed by atoms with van der Waals surface area (Å²) in [6.45, 7) is 3.71. The molecular formula is C30H27F4N5O2. The predicted octanol–water partition coefficient (Wildman–Crippen LogP) is 5.35. The number of hydrogen-bond donors (Lipinski definition) is 2. The van der Waals surface area contributed by atoms with Crippen LogP contribution in [-0.2, 0) is 11.0 Å². The van der Waals surface area contributed by atoms with Crippen molar-refractivity contribution in [3.63, 3.8) is 0 Å². The van der Waals surface area contributed by atoms with Crippen LogP contribution in [-0.4, -0.2) is 34.2 Å². The largest absolute Gasteiger partial charge is 0.416 e. The monoisotopic (exact) mass is 565 g/mol. The third-order valence-corrected chi connectivity index (χ3v) is 7.07. The number of carbonyl (C=O) groups excluding carboxylic acids is 2. The summed E-state index contributed by atoms with van der Waals surface area (Å²) in [5.74, 6) is -2.27. The van der Waals surface area contributed by atoms with Gasteiger partial charge >= 0.3 is 6.18 Å². The van der Waals surface area contributed by atoms with Crippen molar-refractivity contribution >= 4 is 17.6 Å². The number of likely N-dealkylation sites (N-methyl/N-ethyl adjacent to an activating group) is 1. The minimum Gasteiger partial charge on any atom is -0.339 e. The van der Waals surface area contributed by atoms with E-state index in [1.54, 1.807) is 18.5 Å². The Morgan fingerprint density at radius 1 is 1.05 bits per heavy atom. The summed E-state index contributed by atoms with van der Waals surface area (Å²) >= 11 is 0. The normalized spacial score (nSPS) is 17.7. The third kappa shape index (κ3) is 5.20. The van der Waals surface area contributed by atoms with E-state index in [2.05, 4.69) is 5.32 Å². The van der Waals surface area contributed by atoms with Gasteiger partial charge < -0.3 is 11.1 Å². The van der Waals surface area contributed by atoms with E-state index in [0.29, 0.717) is 28.3 Å². The summed E-state index contributed by atoms with van der Waals surface area (Å²) in [5.41, 5.74) is 7.32. The number of hydrogen-bond acceptors (Lipinski definition) is 4.